The Morgan fingerprint density at radius 3 is 2.43 bits per heavy atom. The number of nitrogens with one attached hydrogen (secondary N) is 1. The maximum Gasteiger partial charge on any atom is 0.248 e. The highest BCUT2D eigenvalue weighted by Gasteiger charge is 2.25. The second-order valence-corrected chi connectivity index (χ2v) is 7.97. The molecule has 148 valence electrons. The smallest absolute Gasteiger partial charge is 0.248 e. The van der Waals surface area contributed by atoms with Crippen molar-refractivity contribution in [2.75, 3.05) is 31.6 Å². The minimum atomic E-state index is -3.59. The van der Waals surface area contributed by atoms with E-state index in [1.807, 2.05) is 0 Å². The van der Waals surface area contributed by atoms with Crippen molar-refractivity contribution >= 4 is 27.7 Å². The van der Waals surface area contributed by atoms with E-state index in [0.717, 1.165) is 24.3 Å². The summed E-state index contributed by atoms with van der Waals surface area (Å²) in [5.74, 6) is -2.06. The molecule has 0 spiro atoms. The van der Waals surface area contributed by atoms with Crippen molar-refractivity contribution in [1.82, 2.24) is 4.31 Å². The molecule has 0 atom stereocenters. The lowest BCUT2D eigenvalue weighted by atomic mass is 10.2. The Morgan fingerprint density at radius 2 is 1.75 bits per heavy atom. The number of morpholine rings is 1. The zero-order valence-corrected chi connectivity index (χ0v) is 15.6. The second kappa shape index (κ2) is 8.59. The van der Waals surface area contributed by atoms with E-state index >= 15 is 0 Å². The summed E-state index contributed by atoms with van der Waals surface area (Å²) in [6.45, 7) is 1.34. The van der Waals surface area contributed by atoms with E-state index in [9.17, 15) is 22.0 Å². The highest BCUT2D eigenvalue weighted by molar-refractivity contribution is 7.89. The van der Waals surface area contributed by atoms with E-state index in [4.69, 9.17) is 4.74 Å². The fourth-order valence-electron chi connectivity index (χ4n) is 2.63. The molecule has 1 amide bonds. The topological polar surface area (TPSA) is 75.7 Å². The van der Waals surface area contributed by atoms with Gasteiger partial charge in [-0.25, -0.2) is 17.2 Å². The Balaban J connectivity index is 1.66. The summed E-state index contributed by atoms with van der Waals surface area (Å²) in [5, 5.41) is 2.24. The van der Waals surface area contributed by atoms with Crippen LogP contribution in [-0.4, -0.2) is 44.9 Å². The predicted octanol–water partition coefficient (Wildman–Crippen LogP) is 2.64. The van der Waals surface area contributed by atoms with Gasteiger partial charge in [0.2, 0.25) is 15.9 Å². The van der Waals surface area contributed by atoms with Crippen LogP contribution in [0, 0.1) is 11.6 Å². The summed E-state index contributed by atoms with van der Waals surface area (Å²) >= 11 is 0. The number of benzene rings is 2. The SMILES string of the molecule is O=C(/C=C/c1ccc(S(=O)(=O)N2CCOCC2)cc1)Nc1cc(F)ccc1F. The van der Waals surface area contributed by atoms with Gasteiger partial charge in [-0.1, -0.05) is 12.1 Å². The molecule has 0 radical (unpaired) electrons. The number of nitrogens with zero attached hydrogens (tertiary/aromatic N) is 1. The Kier molecular flexibility index (Phi) is 6.18. The first kappa shape index (κ1) is 20.1. The lowest BCUT2D eigenvalue weighted by molar-refractivity contribution is -0.111. The average molecular weight is 408 g/mol. The second-order valence-electron chi connectivity index (χ2n) is 6.03. The first-order chi connectivity index (χ1) is 13.4. The number of ether oxygens (including phenoxy) is 1. The molecule has 1 aliphatic rings. The van der Waals surface area contributed by atoms with E-state index in [1.54, 1.807) is 12.1 Å². The largest absolute Gasteiger partial charge is 0.379 e. The number of hydrogen-bond acceptors (Lipinski definition) is 4. The van der Waals surface area contributed by atoms with Crippen molar-refractivity contribution < 1.29 is 26.7 Å². The lowest BCUT2D eigenvalue weighted by Crippen LogP contribution is -2.40. The number of rotatable bonds is 5. The molecule has 0 saturated carbocycles. The van der Waals surface area contributed by atoms with Gasteiger partial charge in [0.25, 0.3) is 0 Å². The van der Waals surface area contributed by atoms with Crippen LogP contribution in [0.3, 0.4) is 0 Å². The number of carbonyl (C=O) groups is 1. The van der Waals surface area contributed by atoms with Crippen LogP contribution in [0.1, 0.15) is 5.56 Å². The van der Waals surface area contributed by atoms with Crippen LogP contribution in [0.25, 0.3) is 6.08 Å². The molecule has 0 aromatic heterocycles. The summed E-state index contributed by atoms with van der Waals surface area (Å²) in [7, 11) is -3.59. The molecule has 3 rings (SSSR count). The van der Waals surface area contributed by atoms with Gasteiger partial charge in [0.15, 0.2) is 0 Å². The summed E-state index contributed by atoms with van der Waals surface area (Å²) in [6.07, 6.45) is 2.59. The molecule has 1 saturated heterocycles. The van der Waals surface area contributed by atoms with Gasteiger partial charge in [0.1, 0.15) is 11.6 Å². The number of carbonyl (C=O) groups excluding carboxylic acids is 1. The number of amides is 1. The van der Waals surface area contributed by atoms with Crippen LogP contribution in [0.4, 0.5) is 14.5 Å². The third kappa shape index (κ3) is 4.80. The van der Waals surface area contributed by atoms with E-state index in [1.165, 1.54) is 22.5 Å². The van der Waals surface area contributed by atoms with E-state index in [0.29, 0.717) is 31.9 Å². The number of hydrogen-bond donors (Lipinski definition) is 1. The summed E-state index contributed by atoms with van der Waals surface area (Å²) in [5.41, 5.74) is 0.317. The molecule has 0 unspecified atom stereocenters. The van der Waals surface area contributed by atoms with Gasteiger partial charge in [-0.2, -0.15) is 4.31 Å². The molecule has 9 heteroatoms. The van der Waals surface area contributed by atoms with Crippen LogP contribution in [0.5, 0.6) is 0 Å². The molecular weight excluding hydrogens is 390 g/mol. The number of anilines is 1. The monoisotopic (exact) mass is 408 g/mol. The third-order valence-corrected chi connectivity index (χ3v) is 6.01. The zero-order valence-electron chi connectivity index (χ0n) is 14.8. The van der Waals surface area contributed by atoms with Gasteiger partial charge in [-0.05, 0) is 35.9 Å². The maximum absolute atomic E-state index is 13.5. The fraction of sp³-hybridized carbons (Fsp3) is 0.211. The van der Waals surface area contributed by atoms with Gasteiger partial charge in [-0.15, -0.1) is 0 Å². The lowest BCUT2D eigenvalue weighted by Gasteiger charge is -2.26. The first-order valence-electron chi connectivity index (χ1n) is 8.48. The molecule has 28 heavy (non-hydrogen) atoms. The molecule has 1 heterocycles. The van der Waals surface area contributed by atoms with Crippen molar-refractivity contribution in [3.05, 3.63) is 65.7 Å². The van der Waals surface area contributed by atoms with Crippen molar-refractivity contribution in [2.24, 2.45) is 0 Å². The quantitative estimate of drug-likeness (QED) is 0.772. The van der Waals surface area contributed by atoms with Gasteiger partial charge in [0, 0.05) is 25.2 Å². The molecule has 6 nitrogen and oxygen atoms in total. The molecule has 2 aromatic rings. The minimum absolute atomic E-state index is 0.151. The van der Waals surface area contributed by atoms with Crippen LogP contribution in [-0.2, 0) is 19.6 Å². The zero-order chi connectivity index (χ0) is 20.1. The van der Waals surface area contributed by atoms with Crippen LogP contribution in [0.2, 0.25) is 0 Å². The molecule has 0 bridgehead atoms. The highest BCUT2D eigenvalue weighted by atomic mass is 32.2. The van der Waals surface area contributed by atoms with E-state index < -0.39 is 27.6 Å². The predicted molar refractivity (Wildman–Crippen MR) is 100 cm³/mol. The van der Waals surface area contributed by atoms with Crippen LogP contribution >= 0.6 is 0 Å². The normalized spacial score (nSPS) is 15.6. The van der Waals surface area contributed by atoms with Gasteiger partial charge in [-0.3, -0.25) is 4.79 Å². The first-order valence-corrected chi connectivity index (χ1v) is 9.92. The Bertz CT molecular complexity index is 985. The van der Waals surface area contributed by atoms with Gasteiger partial charge >= 0.3 is 0 Å². The summed E-state index contributed by atoms with van der Waals surface area (Å²) < 4.78 is 58.3. The summed E-state index contributed by atoms with van der Waals surface area (Å²) in [6, 6.07) is 8.77. The fourth-order valence-corrected chi connectivity index (χ4v) is 4.03. The van der Waals surface area contributed by atoms with Crippen molar-refractivity contribution in [2.45, 2.75) is 4.90 Å². The van der Waals surface area contributed by atoms with Gasteiger partial charge < -0.3 is 10.1 Å². The van der Waals surface area contributed by atoms with Crippen LogP contribution < -0.4 is 5.32 Å². The van der Waals surface area contributed by atoms with Crippen molar-refractivity contribution in [3.63, 3.8) is 0 Å². The molecular formula is C19H18F2N2O4S. The average Bonchev–Trinajstić information content (AvgIpc) is 2.70. The maximum atomic E-state index is 13.5. The molecule has 1 N–H and O–H groups in total. The molecule has 1 fully saturated rings. The van der Waals surface area contributed by atoms with Crippen molar-refractivity contribution in [1.29, 1.82) is 0 Å². The Morgan fingerprint density at radius 1 is 1.07 bits per heavy atom. The molecule has 1 aliphatic heterocycles. The minimum Gasteiger partial charge on any atom is -0.379 e. The summed E-state index contributed by atoms with van der Waals surface area (Å²) in [4.78, 5) is 12.0. The number of sulfonamides is 1. The Hall–Kier alpha value is -2.62. The number of halogens is 2. The molecule has 0 aliphatic carbocycles. The van der Waals surface area contributed by atoms with Crippen LogP contribution in [0.15, 0.2) is 53.4 Å². The third-order valence-electron chi connectivity index (χ3n) is 4.10. The van der Waals surface area contributed by atoms with Crippen molar-refractivity contribution in [3.8, 4) is 0 Å². The molecule has 2 aromatic carbocycles. The standard InChI is InChI=1S/C19H18F2N2O4S/c20-15-4-7-17(21)18(13-15)22-19(24)8-3-14-1-5-16(6-2-14)28(25,26)23-9-11-27-12-10-23/h1-8,13H,9-12H2,(H,22,24)/b8-3+. The Labute approximate surface area is 161 Å². The highest BCUT2D eigenvalue weighted by Crippen LogP contribution is 2.19. The van der Waals surface area contributed by atoms with E-state index in [-0.39, 0.29) is 10.6 Å². The van der Waals surface area contributed by atoms with Gasteiger partial charge in [0.05, 0.1) is 23.8 Å². The van der Waals surface area contributed by atoms with E-state index in [2.05, 4.69) is 5.32 Å².